The molecule has 0 aliphatic heterocycles. The number of aldehydes is 1. The van der Waals surface area contributed by atoms with Crippen molar-refractivity contribution in [2.75, 3.05) is 0 Å². The number of ketones is 1. The van der Waals surface area contributed by atoms with Crippen molar-refractivity contribution in [1.29, 1.82) is 0 Å². The Hall–Kier alpha value is -0.920. The van der Waals surface area contributed by atoms with Crippen LogP contribution in [0, 0.1) is 0 Å². The zero-order valence-corrected chi connectivity index (χ0v) is 29.0. The minimum atomic E-state index is 0.0620. The maximum Gasteiger partial charge on any atom is 0.165 e. The molecule has 0 aromatic carbocycles. The van der Waals surface area contributed by atoms with Gasteiger partial charge < -0.3 is 0 Å². The lowest BCUT2D eigenvalue weighted by atomic mass is 10.0. The Balaban J connectivity index is 3.45. The van der Waals surface area contributed by atoms with E-state index in [4.69, 9.17) is 0 Å². The van der Waals surface area contributed by atoms with E-state index in [1.165, 1.54) is 186 Å². The van der Waals surface area contributed by atoms with E-state index in [1.54, 1.807) is 0 Å². The van der Waals surface area contributed by atoms with Crippen LogP contribution >= 0.6 is 0 Å². The lowest BCUT2D eigenvalue weighted by Gasteiger charge is -2.04. The van der Waals surface area contributed by atoms with E-state index in [0.29, 0.717) is 12.0 Å². The number of Topliss-reactive ketones (excluding diaryl/α,β-unsaturated/α-hetero) is 1. The van der Waals surface area contributed by atoms with E-state index >= 15 is 0 Å². The first-order chi connectivity index (χ1) is 20.8. The van der Waals surface area contributed by atoms with Gasteiger partial charge in [-0.3, -0.25) is 9.59 Å². The third kappa shape index (κ3) is 32.0. The summed E-state index contributed by atoms with van der Waals surface area (Å²) in [5.41, 5.74) is 0.428. The van der Waals surface area contributed by atoms with Crippen LogP contribution in [0.3, 0.4) is 0 Å². The van der Waals surface area contributed by atoms with Gasteiger partial charge in [-0.05, 0) is 19.3 Å². The molecule has 42 heavy (non-hydrogen) atoms. The summed E-state index contributed by atoms with van der Waals surface area (Å²) in [5.74, 6) is 0.0620. The number of unbranched alkanes of at least 4 members (excludes halogenated alkanes) is 31. The number of carbonyl (C=O) groups is 2. The minimum absolute atomic E-state index is 0.0620. The molecule has 0 heterocycles. The summed E-state index contributed by atoms with van der Waals surface area (Å²) in [4.78, 5) is 23.9. The Morgan fingerprint density at radius 1 is 0.381 bits per heavy atom. The summed E-state index contributed by atoms with van der Waals surface area (Å²) < 4.78 is 0. The molecule has 0 aromatic rings. The third-order valence-corrected chi connectivity index (χ3v) is 9.13. The maximum absolute atomic E-state index is 12.4. The Kier molecular flexibility index (Phi) is 35.5. The Labute approximate surface area is 265 Å². The second-order valence-corrected chi connectivity index (χ2v) is 13.3. The molecule has 2 nitrogen and oxygen atoms in total. The molecular formula is C40H76O2. The van der Waals surface area contributed by atoms with Crippen molar-refractivity contribution in [2.45, 2.75) is 232 Å². The molecule has 2 heteroatoms. The monoisotopic (exact) mass is 589 g/mol. The van der Waals surface area contributed by atoms with E-state index in [-0.39, 0.29) is 5.78 Å². The standard InChI is InChI=1S/C40H76O2/c1-3-5-7-9-11-13-15-17-19-21-23-25-27-29-31-33-35-37-40(42)39(38-41)36-34-32-30-28-26-24-22-20-18-16-14-12-10-8-6-4-2/h36,38H,3-35,37H2,1-2H3. The highest BCUT2D eigenvalue weighted by atomic mass is 16.1. The summed E-state index contributed by atoms with van der Waals surface area (Å²) >= 11 is 0. The molecule has 0 atom stereocenters. The smallest absolute Gasteiger partial charge is 0.165 e. The molecule has 0 amide bonds. The zero-order valence-electron chi connectivity index (χ0n) is 29.0. The van der Waals surface area contributed by atoms with Crippen molar-refractivity contribution in [2.24, 2.45) is 0 Å². The van der Waals surface area contributed by atoms with E-state index in [0.717, 1.165) is 32.0 Å². The van der Waals surface area contributed by atoms with Gasteiger partial charge in [0.25, 0.3) is 0 Å². The molecule has 0 rings (SSSR count). The van der Waals surface area contributed by atoms with Crippen molar-refractivity contribution in [3.63, 3.8) is 0 Å². The average molecular weight is 589 g/mol. The van der Waals surface area contributed by atoms with Crippen LogP contribution in [0.1, 0.15) is 232 Å². The molecule has 0 unspecified atom stereocenters. The van der Waals surface area contributed by atoms with Gasteiger partial charge in [-0.15, -0.1) is 0 Å². The topological polar surface area (TPSA) is 34.1 Å². The molecule has 0 saturated carbocycles. The second-order valence-electron chi connectivity index (χ2n) is 13.3. The second kappa shape index (κ2) is 36.3. The van der Waals surface area contributed by atoms with Crippen LogP contribution in [0.15, 0.2) is 11.6 Å². The largest absolute Gasteiger partial charge is 0.298 e. The molecule has 248 valence electrons. The number of rotatable bonds is 36. The number of allylic oxidation sites excluding steroid dienone is 2. The van der Waals surface area contributed by atoms with Gasteiger partial charge in [0.2, 0.25) is 0 Å². The molecule has 0 fully saturated rings. The lowest BCUT2D eigenvalue weighted by molar-refractivity contribution is -0.117. The van der Waals surface area contributed by atoms with Crippen LogP contribution in [-0.4, -0.2) is 12.1 Å². The van der Waals surface area contributed by atoms with Gasteiger partial charge in [0.1, 0.15) is 0 Å². The highest BCUT2D eigenvalue weighted by Gasteiger charge is 2.08. The molecule has 0 aromatic heterocycles. The normalized spacial score (nSPS) is 11.8. The highest BCUT2D eigenvalue weighted by molar-refractivity contribution is 6.11. The van der Waals surface area contributed by atoms with Gasteiger partial charge in [-0.25, -0.2) is 0 Å². The first kappa shape index (κ1) is 41.1. The van der Waals surface area contributed by atoms with Gasteiger partial charge in [0, 0.05) is 6.42 Å². The lowest BCUT2D eigenvalue weighted by Crippen LogP contribution is -2.04. The van der Waals surface area contributed by atoms with Crippen LogP contribution in [0.25, 0.3) is 0 Å². The number of carbonyl (C=O) groups excluding carboxylic acids is 2. The van der Waals surface area contributed by atoms with E-state index < -0.39 is 0 Å². The minimum Gasteiger partial charge on any atom is -0.298 e. The molecule has 0 saturated heterocycles. The first-order valence-electron chi connectivity index (χ1n) is 19.4. The van der Waals surface area contributed by atoms with Gasteiger partial charge in [0.15, 0.2) is 12.1 Å². The maximum atomic E-state index is 12.4. The van der Waals surface area contributed by atoms with E-state index in [2.05, 4.69) is 13.8 Å². The fraction of sp³-hybridized carbons (Fsp3) is 0.900. The van der Waals surface area contributed by atoms with Crippen molar-refractivity contribution in [3.8, 4) is 0 Å². The van der Waals surface area contributed by atoms with Crippen LogP contribution in [0.5, 0.6) is 0 Å². The highest BCUT2D eigenvalue weighted by Crippen LogP contribution is 2.16. The fourth-order valence-corrected chi connectivity index (χ4v) is 6.16. The molecule has 0 N–H and O–H groups in total. The SMILES string of the molecule is CCCCCCCCCCCCCCCCCC=C(C=O)C(=O)CCCCCCCCCCCCCCCCCCC. The molecular weight excluding hydrogens is 512 g/mol. The molecule has 0 aliphatic carbocycles. The Bertz CT molecular complexity index is 578. The van der Waals surface area contributed by atoms with Crippen molar-refractivity contribution in [3.05, 3.63) is 11.6 Å². The molecule has 0 radical (unpaired) electrons. The number of hydrogen-bond donors (Lipinski definition) is 0. The number of hydrogen-bond acceptors (Lipinski definition) is 2. The fourth-order valence-electron chi connectivity index (χ4n) is 6.16. The zero-order chi connectivity index (χ0) is 30.6. The summed E-state index contributed by atoms with van der Waals surface area (Å²) in [5, 5.41) is 0. The van der Waals surface area contributed by atoms with Crippen molar-refractivity contribution >= 4 is 12.1 Å². The molecule has 0 bridgehead atoms. The quantitative estimate of drug-likeness (QED) is 0.0240. The van der Waals surface area contributed by atoms with Crippen molar-refractivity contribution in [1.82, 2.24) is 0 Å². The molecule has 0 aliphatic rings. The van der Waals surface area contributed by atoms with Gasteiger partial charge in [-0.2, -0.15) is 0 Å². The predicted octanol–water partition coefficient (Wildman–Crippen LogP) is 14.0. The summed E-state index contributed by atoms with van der Waals surface area (Å²) in [6, 6.07) is 0. The van der Waals surface area contributed by atoms with Gasteiger partial charge >= 0.3 is 0 Å². The van der Waals surface area contributed by atoms with Crippen LogP contribution < -0.4 is 0 Å². The summed E-state index contributed by atoms with van der Waals surface area (Å²) in [6.45, 7) is 4.57. The first-order valence-corrected chi connectivity index (χ1v) is 19.4. The predicted molar refractivity (Wildman–Crippen MR) is 187 cm³/mol. The Morgan fingerprint density at radius 2 is 0.643 bits per heavy atom. The summed E-state index contributed by atoms with van der Waals surface area (Å²) in [7, 11) is 0. The van der Waals surface area contributed by atoms with Crippen LogP contribution in [0.2, 0.25) is 0 Å². The van der Waals surface area contributed by atoms with E-state index in [1.807, 2.05) is 6.08 Å². The Morgan fingerprint density at radius 3 is 0.929 bits per heavy atom. The summed E-state index contributed by atoms with van der Waals surface area (Å²) in [6.07, 6.45) is 47.4. The van der Waals surface area contributed by atoms with Crippen LogP contribution in [-0.2, 0) is 9.59 Å². The van der Waals surface area contributed by atoms with Crippen molar-refractivity contribution < 1.29 is 9.59 Å². The van der Waals surface area contributed by atoms with Gasteiger partial charge in [0.05, 0.1) is 5.57 Å². The molecule has 0 spiro atoms. The van der Waals surface area contributed by atoms with Gasteiger partial charge in [-0.1, -0.05) is 213 Å². The van der Waals surface area contributed by atoms with E-state index in [9.17, 15) is 9.59 Å². The third-order valence-electron chi connectivity index (χ3n) is 9.13. The van der Waals surface area contributed by atoms with Crippen LogP contribution in [0.4, 0.5) is 0 Å². The average Bonchev–Trinajstić information content (AvgIpc) is 3.00.